The molecule has 0 radical (unpaired) electrons. The summed E-state index contributed by atoms with van der Waals surface area (Å²) in [4.78, 5) is 58.3. The Kier molecular flexibility index (Phi) is 8.46. The molecule has 2 aliphatic carbocycles. The zero-order chi connectivity index (χ0) is 35.8. The number of thiazole rings is 1. The maximum atomic E-state index is 14.0. The number of nitrogens with zero attached hydrogens (tertiary/aromatic N) is 1. The maximum absolute atomic E-state index is 14.0. The van der Waals surface area contributed by atoms with Crippen molar-refractivity contribution in [1.82, 2.24) is 4.98 Å². The molecule has 3 amide bonds. The van der Waals surface area contributed by atoms with Gasteiger partial charge < -0.3 is 19.8 Å². The molecule has 2 saturated carbocycles. The number of para-hydroxylation sites is 1. The van der Waals surface area contributed by atoms with Crippen LogP contribution >= 0.6 is 34.7 Å². The Morgan fingerprint density at radius 2 is 1.71 bits per heavy atom. The molecule has 4 aliphatic rings. The maximum Gasteiger partial charge on any atom is 0.418 e. The average Bonchev–Trinajstić information content (AvgIpc) is 3.83. The monoisotopic (exact) mass is 755 g/mol. The van der Waals surface area contributed by atoms with Crippen molar-refractivity contribution < 1.29 is 37.0 Å². The van der Waals surface area contributed by atoms with Crippen LogP contribution in [0, 0.1) is 29.6 Å². The van der Waals surface area contributed by atoms with E-state index in [2.05, 4.69) is 10.3 Å². The molecule has 4 aromatic rings. The number of rotatable bonds is 8. The molecule has 3 heterocycles. The van der Waals surface area contributed by atoms with Crippen molar-refractivity contribution in [2.24, 2.45) is 29.6 Å². The van der Waals surface area contributed by atoms with E-state index in [9.17, 15) is 32.3 Å². The first kappa shape index (κ1) is 33.9. The van der Waals surface area contributed by atoms with E-state index in [1.54, 1.807) is 55.1 Å². The Morgan fingerprint density at radius 3 is 2.43 bits per heavy atom. The number of H-pyrrole nitrogens is 1. The molecule has 15 heteroatoms. The number of benzene rings is 3. The number of thioether (sulfide) groups is 1. The van der Waals surface area contributed by atoms with Gasteiger partial charge in [-0.25, -0.2) is 0 Å². The molecule has 9 nitrogen and oxygen atoms in total. The number of aromatic nitrogens is 1. The first-order chi connectivity index (χ1) is 24.4. The number of hydrogen-bond acceptors (Lipinski definition) is 8. The second-order valence-corrected chi connectivity index (χ2v) is 15.6. The minimum Gasteiger partial charge on any atom is -0.490 e. The lowest BCUT2D eigenvalue weighted by molar-refractivity contribution is -0.137. The first-order valence-corrected chi connectivity index (χ1v) is 18.4. The normalized spacial score (nSPS) is 26.1. The van der Waals surface area contributed by atoms with Crippen molar-refractivity contribution in [2.75, 3.05) is 23.4 Å². The molecule has 1 saturated heterocycles. The lowest BCUT2D eigenvalue weighted by Crippen LogP contribution is -2.42. The highest BCUT2D eigenvalue weighted by Crippen LogP contribution is 2.69. The van der Waals surface area contributed by atoms with Crippen LogP contribution in [0.15, 0.2) is 76.6 Å². The topological polar surface area (TPSA) is 118 Å². The molecular formula is C36H29ClF3N3O6S2. The third-order valence-electron chi connectivity index (χ3n) is 10.3. The van der Waals surface area contributed by atoms with Crippen LogP contribution in [-0.2, 0) is 20.6 Å². The fourth-order valence-electron chi connectivity index (χ4n) is 8.51. The average molecular weight is 756 g/mol. The number of carbonyl (C=O) groups is 3. The van der Waals surface area contributed by atoms with Gasteiger partial charge in [0.2, 0.25) is 11.8 Å². The van der Waals surface area contributed by atoms with E-state index in [0.717, 1.165) is 32.9 Å². The number of fused-ring (bicyclic) bond motifs is 9. The number of ether oxygens (including phenoxy) is 2. The molecule has 1 aromatic heterocycles. The second kappa shape index (κ2) is 12.7. The largest absolute Gasteiger partial charge is 0.490 e. The second-order valence-electron chi connectivity index (χ2n) is 13.0. The van der Waals surface area contributed by atoms with Crippen LogP contribution in [-0.4, -0.2) is 41.2 Å². The van der Waals surface area contributed by atoms with Gasteiger partial charge in [-0.15, -0.1) is 11.8 Å². The molecule has 7 atom stereocenters. The van der Waals surface area contributed by atoms with E-state index in [-0.39, 0.29) is 63.7 Å². The number of hydrogen-bond donors (Lipinski definition) is 2. The number of carbonyl (C=O) groups excluding carboxylic acids is 3. The van der Waals surface area contributed by atoms with Gasteiger partial charge >= 0.3 is 11.0 Å². The number of anilines is 2. The van der Waals surface area contributed by atoms with Crippen LogP contribution in [0.1, 0.15) is 35.3 Å². The molecule has 2 bridgehead atoms. The fourth-order valence-corrected chi connectivity index (χ4v) is 11.5. The van der Waals surface area contributed by atoms with Crippen LogP contribution < -0.4 is 24.6 Å². The van der Waals surface area contributed by atoms with Gasteiger partial charge in [0.15, 0.2) is 18.1 Å². The van der Waals surface area contributed by atoms with E-state index in [1.807, 2.05) is 6.07 Å². The predicted octanol–water partition coefficient (Wildman–Crippen LogP) is 7.20. The Balaban J connectivity index is 1.08. The third-order valence-corrected chi connectivity index (χ3v) is 13.1. The number of nitrogens with one attached hydrogen (secondary N) is 2. The number of aromatic amines is 1. The molecular weight excluding hydrogens is 727 g/mol. The molecule has 3 aromatic carbocycles. The highest BCUT2D eigenvalue weighted by Gasteiger charge is 2.69. The number of alkyl halides is 3. The zero-order valence-electron chi connectivity index (χ0n) is 26.7. The minimum atomic E-state index is -4.65. The van der Waals surface area contributed by atoms with Crippen molar-refractivity contribution in [1.29, 1.82) is 0 Å². The van der Waals surface area contributed by atoms with Gasteiger partial charge in [0.05, 0.1) is 40.4 Å². The number of halogens is 4. The lowest BCUT2D eigenvalue weighted by atomic mass is 9.68. The van der Waals surface area contributed by atoms with E-state index < -0.39 is 36.1 Å². The molecule has 8 rings (SSSR count). The Bertz CT molecular complexity index is 2120. The predicted molar refractivity (Wildman–Crippen MR) is 186 cm³/mol. The molecule has 2 aliphatic heterocycles. The van der Waals surface area contributed by atoms with Crippen molar-refractivity contribution in [3.63, 3.8) is 0 Å². The summed E-state index contributed by atoms with van der Waals surface area (Å²) in [5.74, 6) is -2.17. The standard InChI is InChI=1S/C36H29ClF3N3O6S2/c1-2-48-24-13-16(7-12-23(24)49-15-25(44)41-22-6-4-3-5-21(22)36(38,39)40)26-27-19-14-20(30(27)50-32-31(26)51-35(47)42-32)29-28(19)33(45)43(34(29)46)18-10-8-17(37)9-11-18/h3-13,19-20,26-30H,2,14-15H2,1H3,(H,41,44)(H,42,47)/t19-,20-,26+,27-,28+,29+,30-/m1/s1. The van der Waals surface area contributed by atoms with E-state index in [0.29, 0.717) is 22.9 Å². The van der Waals surface area contributed by atoms with Gasteiger partial charge in [-0.3, -0.25) is 24.1 Å². The zero-order valence-corrected chi connectivity index (χ0v) is 29.1. The quantitative estimate of drug-likeness (QED) is 0.183. The van der Waals surface area contributed by atoms with Gasteiger partial charge in [-0.05, 0) is 85.2 Å². The Morgan fingerprint density at radius 1 is 0.980 bits per heavy atom. The van der Waals surface area contributed by atoms with Gasteiger partial charge in [-0.2, -0.15) is 13.2 Å². The summed E-state index contributed by atoms with van der Waals surface area (Å²) in [5, 5.41) is 3.50. The summed E-state index contributed by atoms with van der Waals surface area (Å²) in [6.45, 7) is 1.46. The van der Waals surface area contributed by atoms with Gasteiger partial charge in [0.1, 0.15) is 0 Å². The minimum absolute atomic E-state index is 0.0318. The van der Waals surface area contributed by atoms with E-state index in [1.165, 1.54) is 23.1 Å². The molecule has 0 unspecified atom stereocenters. The molecule has 0 spiro atoms. The summed E-state index contributed by atoms with van der Waals surface area (Å²) >= 11 is 8.78. The highest BCUT2D eigenvalue weighted by atomic mass is 35.5. The lowest BCUT2D eigenvalue weighted by Gasteiger charge is -2.43. The number of amides is 3. The summed E-state index contributed by atoms with van der Waals surface area (Å²) in [6, 6.07) is 16.6. The van der Waals surface area contributed by atoms with Gasteiger partial charge in [0.25, 0.3) is 5.91 Å². The smallest absolute Gasteiger partial charge is 0.418 e. The molecule has 2 N–H and O–H groups in total. The van der Waals surface area contributed by atoms with E-state index >= 15 is 0 Å². The Hall–Kier alpha value is -4.27. The molecule has 264 valence electrons. The Labute approximate surface area is 302 Å². The molecule has 3 fully saturated rings. The van der Waals surface area contributed by atoms with Crippen LogP contribution in [0.3, 0.4) is 0 Å². The van der Waals surface area contributed by atoms with Crippen LogP contribution in [0.5, 0.6) is 11.5 Å². The first-order valence-electron chi connectivity index (χ1n) is 16.3. The molecule has 51 heavy (non-hydrogen) atoms. The van der Waals surface area contributed by atoms with Crippen LogP contribution in [0.4, 0.5) is 24.5 Å². The third kappa shape index (κ3) is 5.71. The van der Waals surface area contributed by atoms with Gasteiger partial charge in [0, 0.05) is 21.1 Å². The summed E-state index contributed by atoms with van der Waals surface area (Å²) < 4.78 is 52.0. The fraction of sp³-hybridized carbons (Fsp3) is 0.333. The van der Waals surface area contributed by atoms with Crippen LogP contribution in [0.2, 0.25) is 5.02 Å². The van der Waals surface area contributed by atoms with Crippen LogP contribution in [0.25, 0.3) is 0 Å². The van der Waals surface area contributed by atoms with Crippen molar-refractivity contribution in [3.05, 3.63) is 97.4 Å². The highest BCUT2D eigenvalue weighted by molar-refractivity contribution is 8.00. The van der Waals surface area contributed by atoms with Crippen molar-refractivity contribution in [3.8, 4) is 11.5 Å². The van der Waals surface area contributed by atoms with Crippen molar-refractivity contribution >= 4 is 63.8 Å². The van der Waals surface area contributed by atoms with Gasteiger partial charge in [-0.1, -0.05) is 41.1 Å². The summed E-state index contributed by atoms with van der Waals surface area (Å²) in [6.07, 6.45) is -3.94. The van der Waals surface area contributed by atoms with E-state index in [4.69, 9.17) is 21.1 Å². The number of imide groups is 1. The van der Waals surface area contributed by atoms with Crippen molar-refractivity contribution in [2.45, 2.75) is 35.7 Å². The SMILES string of the molecule is CCOc1cc([C@@H]2c3sc(=O)[nH]c3S[C@@H]3[C@@H]4C[C@@H]([C@@H]5C(=O)N(c6ccc(Cl)cc6)C(=O)[C@@H]45)[C@H]23)ccc1OCC(=O)Nc1ccccc1C(F)(F)F. The summed E-state index contributed by atoms with van der Waals surface area (Å²) in [5.41, 5.74) is -0.0381. The summed E-state index contributed by atoms with van der Waals surface area (Å²) in [7, 11) is 0.